The summed E-state index contributed by atoms with van der Waals surface area (Å²) in [5, 5.41) is 3.23. The smallest absolute Gasteiger partial charge is 0.320 e. The highest BCUT2D eigenvalue weighted by molar-refractivity contribution is 5.73. The number of carbonyl (C=O) groups is 1. The molecule has 2 aliphatic rings. The number of aryl methyl sites for hydroxylation is 1. The molecule has 0 saturated carbocycles. The fourth-order valence-corrected chi connectivity index (χ4v) is 2.62. The predicted octanol–water partition coefficient (Wildman–Crippen LogP) is 1.20. The molecule has 0 radical (unpaired) electrons. The summed E-state index contributed by atoms with van der Waals surface area (Å²) < 4.78 is 10.7. The highest BCUT2D eigenvalue weighted by Gasteiger charge is 2.36. The Balaban J connectivity index is 2.00. The summed E-state index contributed by atoms with van der Waals surface area (Å²) in [6.45, 7) is 0.320. The van der Waals surface area contributed by atoms with Gasteiger partial charge in [-0.1, -0.05) is 6.07 Å². The molecule has 1 aliphatic carbocycles. The third-order valence-corrected chi connectivity index (χ3v) is 3.52. The number of morpholine rings is 1. The molecule has 17 heavy (non-hydrogen) atoms. The van der Waals surface area contributed by atoms with Crippen molar-refractivity contribution in [3.05, 3.63) is 29.3 Å². The van der Waals surface area contributed by atoms with E-state index in [2.05, 4.69) is 11.4 Å². The third kappa shape index (κ3) is 1.78. The van der Waals surface area contributed by atoms with Crippen molar-refractivity contribution < 1.29 is 14.3 Å². The molecule has 4 heteroatoms. The third-order valence-electron chi connectivity index (χ3n) is 3.52. The van der Waals surface area contributed by atoms with Crippen LogP contribution in [0.2, 0.25) is 0 Å². The first kappa shape index (κ1) is 10.6. The van der Waals surface area contributed by atoms with E-state index in [0.29, 0.717) is 6.54 Å². The zero-order valence-electron chi connectivity index (χ0n) is 9.73. The van der Waals surface area contributed by atoms with Crippen LogP contribution in [0.5, 0.6) is 5.75 Å². The van der Waals surface area contributed by atoms with Gasteiger partial charge in [-0.15, -0.1) is 0 Å². The van der Waals surface area contributed by atoms with E-state index in [1.54, 1.807) is 7.11 Å². The lowest BCUT2D eigenvalue weighted by molar-refractivity contribution is -0.155. The van der Waals surface area contributed by atoms with Crippen LogP contribution in [0.25, 0.3) is 0 Å². The van der Waals surface area contributed by atoms with E-state index in [0.717, 1.165) is 24.2 Å². The molecule has 0 bridgehead atoms. The highest BCUT2D eigenvalue weighted by Crippen LogP contribution is 2.36. The van der Waals surface area contributed by atoms with Gasteiger partial charge in [-0.2, -0.15) is 0 Å². The van der Waals surface area contributed by atoms with E-state index >= 15 is 0 Å². The van der Waals surface area contributed by atoms with Gasteiger partial charge in [0.15, 0.2) is 0 Å². The Kier molecular flexibility index (Phi) is 2.52. The number of methoxy groups -OCH3 is 1. The van der Waals surface area contributed by atoms with E-state index in [9.17, 15) is 4.79 Å². The molecule has 1 aromatic rings. The van der Waals surface area contributed by atoms with Crippen molar-refractivity contribution in [2.75, 3.05) is 13.7 Å². The largest absolute Gasteiger partial charge is 0.497 e. The fraction of sp³-hybridized carbons (Fsp3) is 0.462. The molecule has 0 amide bonds. The molecule has 3 rings (SSSR count). The summed E-state index contributed by atoms with van der Waals surface area (Å²) in [5.41, 5.74) is 2.34. The van der Waals surface area contributed by atoms with Crippen molar-refractivity contribution in [1.82, 2.24) is 5.32 Å². The molecule has 4 nitrogen and oxygen atoms in total. The van der Waals surface area contributed by atoms with Crippen LogP contribution in [-0.2, 0) is 16.0 Å². The van der Waals surface area contributed by atoms with Crippen LogP contribution in [0, 0.1) is 0 Å². The zero-order valence-corrected chi connectivity index (χ0v) is 9.73. The van der Waals surface area contributed by atoms with Gasteiger partial charge in [-0.25, -0.2) is 0 Å². The number of esters is 1. The lowest BCUT2D eigenvalue weighted by Crippen LogP contribution is -2.48. The van der Waals surface area contributed by atoms with Gasteiger partial charge in [0, 0.05) is 11.6 Å². The monoisotopic (exact) mass is 233 g/mol. The van der Waals surface area contributed by atoms with Crippen molar-refractivity contribution >= 4 is 5.97 Å². The van der Waals surface area contributed by atoms with E-state index in [1.807, 2.05) is 12.1 Å². The zero-order chi connectivity index (χ0) is 11.8. The number of benzene rings is 1. The van der Waals surface area contributed by atoms with Gasteiger partial charge >= 0.3 is 5.97 Å². The SMILES string of the molecule is COc1ccc2c(c1)C1OC(=O)CNC1CC2. The van der Waals surface area contributed by atoms with Gasteiger partial charge in [-0.05, 0) is 30.5 Å². The Bertz CT molecular complexity index is 458. The second kappa shape index (κ2) is 4.04. The maximum absolute atomic E-state index is 11.4. The number of nitrogens with one attached hydrogen (secondary N) is 1. The summed E-state index contributed by atoms with van der Waals surface area (Å²) in [6.07, 6.45) is 1.87. The first-order valence-corrected chi connectivity index (χ1v) is 5.87. The quantitative estimate of drug-likeness (QED) is 0.740. The van der Waals surface area contributed by atoms with Gasteiger partial charge in [0.25, 0.3) is 0 Å². The lowest BCUT2D eigenvalue weighted by Gasteiger charge is -2.37. The minimum absolute atomic E-state index is 0.157. The molecular formula is C13H15NO3. The average Bonchev–Trinajstić information content (AvgIpc) is 2.38. The molecular weight excluding hydrogens is 218 g/mol. The number of fused-ring (bicyclic) bond motifs is 3. The summed E-state index contributed by atoms with van der Waals surface area (Å²) in [6, 6.07) is 6.24. The maximum Gasteiger partial charge on any atom is 0.320 e. The van der Waals surface area contributed by atoms with Gasteiger partial charge in [0.1, 0.15) is 11.9 Å². The second-order valence-electron chi connectivity index (χ2n) is 4.50. The van der Waals surface area contributed by atoms with Crippen LogP contribution >= 0.6 is 0 Å². The predicted molar refractivity (Wildman–Crippen MR) is 61.9 cm³/mol. The molecule has 1 saturated heterocycles. The Morgan fingerprint density at radius 1 is 1.47 bits per heavy atom. The number of ether oxygens (including phenoxy) is 2. The Morgan fingerprint density at radius 2 is 2.35 bits per heavy atom. The number of rotatable bonds is 1. The van der Waals surface area contributed by atoms with Crippen molar-refractivity contribution in [1.29, 1.82) is 0 Å². The molecule has 2 atom stereocenters. The van der Waals surface area contributed by atoms with Gasteiger partial charge in [0.05, 0.1) is 13.7 Å². The lowest BCUT2D eigenvalue weighted by atomic mass is 9.85. The Morgan fingerprint density at radius 3 is 3.18 bits per heavy atom. The van der Waals surface area contributed by atoms with Crippen LogP contribution in [0.3, 0.4) is 0 Å². The van der Waals surface area contributed by atoms with Crippen molar-refractivity contribution in [2.24, 2.45) is 0 Å². The van der Waals surface area contributed by atoms with Gasteiger partial charge < -0.3 is 14.8 Å². The minimum atomic E-state index is -0.179. The van der Waals surface area contributed by atoms with Crippen LogP contribution in [-0.4, -0.2) is 25.7 Å². The van der Waals surface area contributed by atoms with Crippen molar-refractivity contribution in [3.63, 3.8) is 0 Å². The Labute approximate surface area is 99.9 Å². The minimum Gasteiger partial charge on any atom is -0.497 e. The van der Waals surface area contributed by atoms with Crippen molar-refractivity contribution in [3.8, 4) is 5.75 Å². The fourth-order valence-electron chi connectivity index (χ4n) is 2.62. The molecule has 0 aromatic heterocycles. The second-order valence-corrected chi connectivity index (χ2v) is 4.50. The normalized spacial score (nSPS) is 26.8. The maximum atomic E-state index is 11.4. The molecule has 0 spiro atoms. The molecule has 90 valence electrons. The highest BCUT2D eigenvalue weighted by atomic mass is 16.5. The Hall–Kier alpha value is -1.55. The molecule has 1 fully saturated rings. The summed E-state index contributed by atoms with van der Waals surface area (Å²) in [4.78, 5) is 11.4. The van der Waals surface area contributed by atoms with Gasteiger partial charge in [0.2, 0.25) is 0 Å². The van der Waals surface area contributed by atoms with E-state index in [-0.39, 0.29) is 18.1 Å². The molecule has 1 heterocycles. The number of hydrogen-bond donors (Lipinski definition) is 1. The van der Waals surface area contributed by atoms with Gasteiger partial charge in [-0.3, -0.25) is 4.79 Å². The topological polar surface area (TPSA) is 47.6 Å². The first-order chi connectivity index (χ1) is 8.28. The molecule has 1 aliphatic heterocycles. The van der Waals surface area contributed by atoms with E-state index in [1.165, 1.54) is 5.56 Å². The molecule has 1 N–H and O–H groups in total. The molecule has 2 unspecified atom stereocenters. The van der Waals surface area contributed by atoms with Crippen LogP contribution in [0.15, 0.2) is 18.2 Å². The van der Waals surface area contributed by atoms with Crippen LogP contribution in [0.4, 0.5) is 0 Å². The summed E-state index contributed by atoms with van der Waals surface area (Å²) in [7, 11) is 1.65. The average molecular weight is 233 g/mol. The van der Waals surface area contributed by atoms with Crippen LogP contribution < -0.4 is 10.1 Å². The number of carbonyl (C=O) groups excluding carboxylic acids is 1. The standard InChI is InChI=1S/C13H15NO3/c1-16-9-4-2-8-3-5-11-13(10(8)6-9)17-12(15)7-14-11/h2,4,6,11,13-14H,3,5,7H2,1H3. The summed E-state index contributed by atoms with van der Waals surface area (Å²) >= 11 is 0. The van der Waals surface area contributed by atoms with E-state index < -0.39 is 0 Å². The van der Waals surface area contributed by atoms with E-state index in [4.69, 9.17) is 9.47 Å². The summed E-state index contributed by atoms with van der Waals surface area (Å²) in [5.74, 6) is 0.632. The first-order valence-electron chi connectivity index (χ1n) is 5.87. The molecule has 1 aromatic carbocycles. The number of hydrogen-bond acceptors (Lipinski definition) is 4. The van der Waals surface area contributed by atoms with Crippen LogP contribution in [0.1, 0.15) is 23.7 Å². The van der Waals surface area contributed by atoms with Crippen molar-refractivity contribution in [2.45, 2.75) is 25.0 Å².